The van der Waals surface area contributed by atoms with Crippen molar-refractivity contribution in [2.24, 2.45) is 0 Å². The van der Waals surface area contributed by atoms with Gasteiger partial charge in [0.1, 0.15) is 9.84 Å². The predicted molar refractivity (Wildman–Crippen MR) is 60.6 cm³/mol. The third-order valence-electron chi connectivity index (χ3n) is 2.66. The lowest BCUT2D eigenvalue weighted by molar-refractivity contribution is 0.187. The molecule has 0 atom stereocenters. The molecule has 0 aliphatic heterocycles. The van der Waals surface area contributed by atoms with Crippen molar-refractivity contribution in [2.75, 3.05) is 31.7 Å². The Morgan fingerprint density at radius 2 is 1.93 bits per heavy atom. The van der Waals surface area contributed by atoms with Gasteiger partial charge in [0.15, 0.2) is 0 Å². The normalized spacial score (nSPS) is 17.3. The SMILES string of the molecule is CS(=O)(=O)CCCCN(CCO)C1CC1. The molecule has 1 aliphatic rings. The van der Waals surface area contributed by atoms with Crippen molar-refractivity contribution in [3.8, 4) is 0 Å². The van der Waals surface area contributed by atoms with Crippen molar-refractivity contribution >= 4 is 9.84 Å². The average Bonchev–Trinajstić information content (AvgIpc) is 2.91. The first-order valence-corrected chi connectivity index (χ1v) is 7.61. The Morgan fingerprint density at radius 3 is 2.40 bits per heavy atom. The molecule has 4 nitrogen and oxygen atoms in total. The molecule has 0 aromatic rings. The number of aliphatic hydroxyl groups excluding tert-OH is 1. The Morgan fingerprint density at radius 1 is 1.27 bits per heavy atom. The van der Waals surface area contributed by atoms with E-state index in [1.165, 1.54) is 19.1 Å². The van der Waals surface area contributed by atoms with Crippen molar-refractivity contribution in [1.29, 1.82) is 0 Å². The maximum Gasteiger partial charge on any atom is 0.147 e. The molecule has 1 fully saturated rings. The van der Waals surface area contributed by atoms with E-state index in [-0.39, 0.29) is 12.4 Å². The lowest BCUT2D eigenvalue weighted by Crippen LogP contribution is -2.30. The minimum Gasteiger partial charge on any atom is -0.395 e. The summed E-state index contributed by atoms with van der Waals surface area (Å²) in [5, 5.41) is 8.86. The third kappa shape index (κ3) is 6.12. The summed E-state index contributed by atoms with van der Waals surface area (Å²) < 4.78 is 21.8. The van der Waals surface area contributed by atoms with Crippen LogP contribution in [0.3, 0.4) is 0 Å². The van der Waals surface area contributed by atoms with E-state index in [1.807, 2.05) is 0 Å². The largest absolute Gasteiger partial charge is 0.395 e. The molecule has 0 amide bonds. The van der Waals surface area contributed by atoms with Gasteiger partial charge in [-0.15, -0.1) is 0 Å². The Kier molecular flexibility index (Phi) is 5.02. The first-order chi connectivity index (χ1) is 7.03. The van der Waals surface area contributed by atoms with Gasteiger partial charge in [0.05, 0.1) is 6.61 Å². The number of unbranched alkanes of at least 4 members (excludes halogenated alkanes) is 1. The summed E-state index contributed by atoms with van der Waals surface area (Å²) in [7, 11) is -2.81. The van der Waals surface area contributed by atoms with E-state index in [1.54, 1.807) is 0 Å². The molecule has 1 aliphatic carbocycles. The highest BCUT2D eigenvalue weighted by Crippen LogP contribution is 2.26. The molecule has 0 aromatic heterocycles. The van der Waals surface area contributed by atoms with Crippen molar-refractivity contribution in [2.45, 2.75) is 31.7 Å². The van der Waals surface area contributed by atoms with E-state index in [9.17, 15) is 8.42 Å². The van der Waals surface area contributed by atoms with Crippen LogP contribution in [0.4, 0.5) is 0 Å². The molecular formula is C10H21NO3S. The van der Waals surface area contributed by atoms with Crippen molar-refractivity contribution in [1.82, 2.24) is 4.90 Å². The van der Waals surface area contributed by atoms with Crippen LogP contribution in [0.25, 0.3) is 0 Å². The van der Waals surface area contributed by atoms with Gasteiger partial charge >= 0.3 is 0 Å². The summed E-state index contributed by atoms with van der Waals surface area (Å²) in [4.78, 5) is 2.27. The highest BCUT2D eigenvalue weighted by Gasteiger charge is 2.27. The number of nitrogens with zero attached hydrogens (tertiary/aromatic N) is 1. The van der Waals surface area contributed by atoms with Crippen LogP contribution < -0.4 is 0 Å². The van der Waals surface area contributed by atoms with Gasteiger partial charge in [0, 0.05) is 24.6 Å². The highest BCUT2D eigenvalue weighted by molar-refractivity contribution is 7.90. The molecule has 0 saturated heterocycles. The van der Waals surface area contributed by atoms with Crippen LogP contribution >= 0.6 is 0 Å². The zero-order valence-corrected chi connectivity index (χ0v) is 10.2. The van der Waals surface area contributed by atoms with Gasteiger partial charge in [-0.3, -0.25) is 4.90 Å². The summed E-state index contributed by atoms with van der Waals surface area (Å²) in [6.07, 6.45) is 5.37. The molecule has 0 radical (unpaired) electrons. The van der Waals surface area contributed by atoms with Gasteiger partial charge in [-0.25, -0.2) is 8.42 Å². The predicted octanol–water partition coefficient (Wildman–Crippen LogP) is 0.268. The van der Waals surface area contributed by atoms with Crippen molar-refractivity contribution in [3.05, 3.63) is 0 Å². The molecule has 90 valence electrons. The molecule has 0 aromatic carbocycles. The molecule has 0 heterocycles. The lowest BCUT2D eigenvalue weighted by Gasteiger charge is -2.20. The standard InChI is InChI=1S/C10H21NO3S/c1-15(13,14)9-3-2-6-11(7-8-12)10-4-5-10/h10,12H,2-9H2,1H3. The van der Waals surface area contributed by atoms with Gasteiger partial charge < -0.3 is 5.11 Å². The summed E-state index contributed by atoms with van der Waals surface area (Å²) in [5.74, 6) is 0.282. The van der Waals surface area contributed by atoms with Gasteiger partial charge in [-0.05, 0) is 32.2 Å². The van der Waals surface area contributed by atoms with E-state index >= 15 is 0 Å². The smallest absolute Gasteiger partial charge is 0.147 e. The summed E-state index contributed by atoms with van der Waals surface area (Å²) in [5.41, 5.74) is 0. The Bertz CT molecular complexity index is 272. The Balaban J connectivity index is 2.11. The molecule has 5 heteroatoms. The van der Waals surface area contributed by atoms with E-state index < -0.39 is 9.84 Å². The third-order valence-corrected chi connectivity index (χ3v) is 3.69. The average molecular weight is 235 g/mol. The van der Waals surface area contributed by atoms with E-state index in [0.717, 1.165) is 25.9 Å². The zero-order valence-electron chi connectivity index (χ0n) is 9.35. The van der Waals surface area contributed by atoms with Gasteiger partial charge in [0.25, 0.3) is 0 Å². The van der Waals surface area contributed by atoms with Crippen LogP contribution in [0.2, 0.25) is 0 Å². The van der Waals surface area contributed by atoms with E-state index in [4.69, 9.17) is 5.11 Å². The van der Waals surface area contributed by atoms with E-state index in [2.05, 4.69) is 4.90 Å². The monoisotopic (exact) mass is 235 g/mol. The van der Waals surface area contributed by atoms with Gasteiger partial charge in [0.2, 0.25) is 0 Å². The molecule has 0 spiro atoms. The van der Waals surface area contributed by atoms with Gasteiger partial charge in [-0.1, -0.05) is 0 Å². The minimum atomic E-state index is -2.81. The second-order valence-corrected chi connectivity index (χ2v) is 6.59. The highest BCUT2D eigenvalue weighted by atomic mass is 32.2. The molecule has 1 rings (SSSR count). The topological polar surface area (TPSA) is 57.6 Å². The number of aliphatic hydroxyl groups is 1. The number of sulfone groups is 1. The fourth-order valence-electron chi connectivity index (χ4n) is 1.72. The zero-order chi connectivity index (χ0) is 11.3. The van der Waals surface area contributed by atoms with Crippen LogP contribution in [-0.2, 0) is 9.84 Å². The summed E-state index contributed by atoms with van der Waals surface area (Å²) in [6.45, 7) is 1.84. The summed E-state index contributed by atoms with van der Waals surface area (Å²) in [6, 6.07) is 0.649. The molecule has 1 saturated carbocycles. The first-order valence-electron chi connectivity index (χ1n) is 5.55. The molecule has 1 N–H and O–H groups in total. The number of rotatable bonds is 8. The molecule has 0 unspecified atom stereocenters. The number of hydrogen-bond donors (Lipinski definition) is 1. The van der Waals surface area contributed by atoms with Gasteiger partial charge in [-0.2, -0.15) is 0 Å². The first kappa shape index (κ1) is 12.9. The van der Waals surface area contributed by atoms with Crippen LogP contribution in [0.1, 0.15) is 25.7 Å². The molecule has 0 bridgehead atoms. The molecule has 15 heavy (non-hydrogen) atoms. The lowest BCUT2D eigenvalue weighted by atomic mass is 10.3. The van der Waals surface area contributed by atoms with Crippen LogP contribution in [0.5, 0.6) is 0 Å². The maximum absolute atomic E-state index is 10.9. The second-order valence-electron chi connectivity index (χ2n) is 4.33. The fraction of sp³-hybridized carbons (Fsp3) is 1.00. The van der Waals surface area contributed by atoms with Crippen molar-refractivity contribution in [3.63, 3.8) is 0 Å². The Hall–Kier alpha value is -0.130. The number of hydrogen-bond acceptors (Lipinski definition) is 4. The minimum absolute atomic E-state index is 0.197. The quantitative estimate of drug-likeness (QED) is 0.613. The van der Waals surface area contributed by atoms with E-state index in [0.29, 0.717) is 6.04 Å². The van der Waals surface area contributed by atoms with Crippen LogP contribution in [-0.4, -0.2) is 56.2 Å². The molecular weight excluding hydrogens is 214 g/mol. The Labute approximate surface area is 92.2 Å². The fourth-order valence-corrected chi connectivity index (χ4v) is 2.45. The van der Waals surface area contributed by atoms with Crippen LogP contribution in [0.15, 0.2) is 0 Å². The van der Waals surface area contributed by atoms with Crippen molar-refractivity contribution < 1.29 is 13.5 Å². The summed E-state index contributed by atoms with van der Waals surface area (Å²) >= 11 is 0. The second kappa shape index (κ2) is 5.82. The van der Waals surface area contributed by atoms with Crippen LogP contribution in [0, 0.1) is 0 Å². The maximum atomic E-state index is 10.9.